The molecule has 116 valence electrons. The third-order valence-electron chi connectivity index (χ3n) is 4.02. The Balaban J connectivity index is 2.05. The van der Waals surface area contributed by atoms with Crippen molar-refractivity contribution >= 4 is 5.91 Å². The summed E-state index contributed by atoms with van der Waals surface area (Å²) in [6, 6.07) is 7.64. The summed E-state index contributed by atoms with van der Waals surface area (Å²) < 4.78 is 11.7. The van der Waals surface area contributed by atoms with Crippen molar-refractivity contribution in [2.75, 3.05) is 13.7 Å². The van der Waals surface area contributed by atoms with E-state index in [0.717, 1.165) is 24.3 Å². The number of nitrogens with one attached hydrogen (secondary N) is 1. The molecule has 1 aromatic carbocycles. The summed E-state index contributed by atoms with van der Waals surface area (Å²) in [6.45, 7) is 2.72. The molecule has 1 aromatic rings. The van der Waals surface area contributed by atoms with Crippen LogP contribution in [0.25, 0.3) is 0 Å². The molecule has 1 saturated carbocycles. The Labute approximate surface area is 125 Å². The van der Waals surface area contributed by atoms with E-state index in [0.29, 0.717) is 19.4 Å². The molecule has 5 heteroatoms. The maximum absolute atomic E-state index is 11.6. The molecule has 2 unspecified atom stereocenters. The van der Waals surface area contributed by atoms with Crippen LogP contribution in [0.15, 0.2) is 24.3 Å². The SMILES string of the molecule is CCCOc1ccccc1OC1CCC(NC)(C(N)=O)C1. The van der Waals surface area contributed by atoms with E-state index in [1.807, 2.05) is 24.3 Å². The van der Waals surface area contributed by atoms with Gasteiger partial charge in [-0.05, 0) is 38.4 Å². The number of amides is 1. The highest BCUT2D eigenvalue weighted by Gasteiger charge is 2.44. The van der Waals surface area contributed by atoms with Gasteiger partial charge in [-0.25, -0.2) is 0 Å². The van der Waals surface area contributed by atoms with Crippen molar-refractivity contribution in [1.29, 1.82) is 0 Å². The standard InChI is InChI=1S/C16H24N2O3/c1-3-10-20-13-6-4-5-7-14(13)21-12-8-9-16(11-12,18-2)15(17)19/h4-7,12,18H,3,8-11H2,1-2H3,(H2,17,19). The summed E-state index contributed by atoms with van der Waals surface area (Å²) in [5.41, 5.74) is 4.86. The Bertz CT molecular complexity index is 492. The highest BCUT2D eigenvalue weighted by atomic mass is 16.5. The van der Waals surface area contributed by atoms with Gasteiger partial charge in [0.1, 0.15) is 11.6 Å². The molecule has 0 heterocycles. The smallest absolute Gasteiger partial charge is 0.237 e. The second-order valence-corrected chi connectivity index (χ2v) is 5.47. The van der Waals surface area contributed by atoms with E-state index in [4.69, 9.17) is 15.2 Å². The van der Waals surface area contributed by atoms with Gasteiger partial charge in [-0.15, -0.1) is 0 Å². The van der Waals surface area contributed by atoms with Crippen molar-refractivity contribution in [2.24, 2.45) is 5.73 Å². The molecular weight excluding hydrogens is 268 g/mol. The van der Waals surface area contributed by atoms with E-state index in [2.05, 4.69) is 12.2 Å². The number of hydrogen-bond acceptors (Lipinski definition) is 4. The zero-order valence-electron chi connectivity index (χ0n) is 12.7. The first-order valence-corrected chi connectivity index (χ1v) is 7.48. The lowest BCUT2D eigenvalue weighted by Crippen LogP contribution is -2.52. The average Bonchev–Trinajstić information content (AvgIpc) is 2.91. The lowest BCUT2D eigenvalue weighted by molar-refractivity contribution is -0.124. The molecule has 1 aliphatic carbocycles. The molecule has 0 radical (unpaired) electrons. The number of likely N-dealkylation sites (N-methyl/N-ethyl adjacent to an activating group) is 1. The number of para-hydroxylation sites is 2. The maximum Gasteiger partial charge on any atom is 0.237 e. The molecule has 3 N–H and O–H groups in total. The average molecular weight is 292 g/mol. The normalized spacial score (nSPS) is 24.8. The van der Waals surface area contributed by atoms with Crippen molar-refractivity contribution in [2.45, 2.75) is 44.2 Å². The predicted octanol–water partition coefficient (Wildman–Crippen LogP) is 1.85. The Kier molecular flexibility index (Phi) is 5.07. The second kappa shape index (κ2) is 6.80. The Hall–Kier alpha value is -1.75. The van der Waals surface area contributed by atoms with Gasteiger partial charge in [-0.2, -0.15) is 0 Å². The molecule has 2 atom stereocenters. The van der Waals surface area contributed by atoms with E-state index < -0.39 is 5.54 Å². The monoisotopic (exact) mass is 292 g/mol. The molecule has 0 bridgehead atoms. The third kappa shape index (κ3) is 3.47. The van der Waals surface area contributed by atoms with Gasteiger partial charge in [0, 0.05) is 6.42 Å². The summed E-state index contributed by atoms with van der Waals surface area (Å²) in [4.78, 5) is 11.6. The molecule has 1 fully saturated rings. The summed E-state index contributed by atoms with van der Waals surface area (Å²) >= 11 is 0. The molecule has 1 aliphatic rings. The largest absolute Gasteiger partial charge is 0.490 e. The lowest BCUT2D eigenvalue weighted by Gasteiger charge is -2.25. The molecule has 0 saturated heterocycles. The zero-order valence-corrected chi connectivity index (χ0v) is 12.7. The van der Waals surface area contributed by atoms with Crippen LogP contribution in [0, 0.1) is 0 Å². The highest BCUT2D eigenvalue weighted by molar-refractivity contribution is 5.85. The van der Waals surface area contributed by atoms with E-state index in [1.165, 1.54) is 0 Å². The summed E-state index contributed by atoms with van der Waals surface area (Å²) in [5.74, 6) is 1.17. The second-order valence-electron chi connectivity index (χ2n) is 5.47. The lowest BCUT2D eigenvalue weighted by atomic mass is 9.97. The van der Waals surface area contributed by atoms with Crippen LogP contribution in [-0.2, 0) is 4.79 Å². The summed E-state index contributed by atoms with van der Waals surface area (Å²) in [6.07, 6.45) is 2.99. The van der Waals surface area contributed by atoms with Gasteiger partial charge in [0.05, 0.1) is 6.61 Å². The van der Waals surface area contributed by atoms with Crippen LogP contribution in [-0.4, -0.2) is 31.2 Å². The number of ether oxygens (including phenoxy) is 2. The van der Waals surface area contributed by atoms with E-state index in [1.54, 1.807) is 7.05 Å². The number of nitrogens with two attached hydrogens (primary N) is 1. The van der Waals surface area contributed by atoms with Gasteiger partial charge in [0.2, 0.25) is 5.91 Å². The quantitative estimate of drug-likeness (QED) is 0.804. The van der Waals surface area contributed by atoms with Crippen LogP contribution in [0.1, 0.15) is 32.6 Å². The summed E-state index contributed by atoms with van der Waals surface area (Å²) in [5, 5.41) is 3.06. The van der Waals surface area contributed by atoms with Crippen LogP contribution < -0.4 is 20.5 Å². The molecule has 0 spiro atoms. The number of rotatable bonds is 7. The molecule has 5 nitrogen and oxygen atoms in total. The Morgan fingerprint density at radius 1 is 1.43 bits per heavy atom. The molecule has 2 rings (SSSR count). The Morgan fingerprint density at radius 3 is 2.71 bits per heavy atom. The van der Waals surface area contributed by atoms with Crippen LogP contribution in [0.2, 0.25) is 0 Å². The van der Waals surface area contributed by atoms with Crippen LogP contribution in [0.4, 0.5) is 0 Å². The number of carbonyl (C=O) groups is 1. The molecule has 0 aliphatic heterocycles. The van der Waals surface area contributed by atoms with Crippen LogP contribution in [0.3, 0.4) is 0 Å². The van der Waals surface area contributed by atoms with Crippen LogP contribution >= 0.6 is 0 Å². The van der Waals surface area contributed by atoms with Gasteiger partial charge >= 0.3 is 0 Å². The van der Waals surface area contributed by atoms with Crippen LogP contribution in [0.5, 0.6) is 11.5 Å². The zero-order chi connectivity index (χ0) is 15.3. The fraction of sp³-hybridized carbons (Fsp3) is 0.562. The van der Waals surface area contributed by atoms with Crippen molar-refractivity contribution in [3.05, 3.63) is 24.3 Å². The van der Waals surface area contributed by atoms with Crippen molar-refractivity contribution in [1.82, 2.24) is 5.32 Å². The first-order valence-electron chi connectivity index (χ1n) is 7.48. The minimum absolute atomic E-state index is 0.0312. The summed E-state index contributed by atoms with van der Waals surface area (Å²) in [7, 11) is 1.77. The number of benzene rings is 1. The van der Waals surface area contributed by atoms with Gasteiger partial charge < -0.3 is 20.5 Å². The number of carbonyl (C=O) groups excluding carboxylic acids is 1. The van der Waals surface area contributed by atoms with Gasteiger partial charge in [-0.3, -0.25) is 4.79 Å². The van der Waals surface area contributed by atoms with E-state index in [9.17, 15) is 4.79 Å². The molecule has 21 heavy (non-hydrogen) atoms. The number of primary amides is 1. The minimum atomic E-state index is -0.649. The fourth-order valence-electron chi connectivity index (χ4n) is 2.73. The molecule has 0 aromatic heterocycles. The topological polar surface area (TPSA) is 73.6 Å². The van der Waals surface area contributed by atoms with Crippen molar-refractivity contribution in [3.63, 3.8) is 0 Å². The van der Waals surface area contributed by atoms with Crippen molar-refractivity contribution in [3.8, 4) is 11.5 Å². The first-order chi connectivity index (χ1) is 10.1. The first kappa shape index (κ1) is 15.6. The van der Waals surface area contributed by atoms with Crippen molar-refractivity contribution < 1.29 is 14.3 Å². The third-order valence-corrected chi connectivity index (χ3v) is 4.02. The van der Waals surface area contributed by atoms with E-state index >= 15 is 0 Å². The van der Waals surface area contributed by atoms with Gasteiger partial charge in [0.25, 0.3) is 0 Å². The molecule has 1 amide bonds. The van der Waals surface area contributed by atoms with Gasteiger partial charge in [-0.1, -0.05) is 19.1 Å². The Morgan fingerprint density at radius 2 is 2.14 bits per heavy atom. The minimum Gasteiger partial charge on any atom is -0.490 e. The van der Waals surface area contributed by atoms with Gasteiger partial charge in [0.15, 0.2) is 11.5 Å². The number of hydrogen-bond donors (Lipinski definition) is 2. The van der Waals surface area contributed by atoms with E-state index in [-0.39, 0.29) is 12.0 Å². The molecular formula is C16H24N2O3. The fourth-order valence-corrected chi connectivity index (χ4v) is 2.73. The maximum atomic E-state index is 11.6. The highest BCUT2D eigenvalue weighted by Crippen LogP contribution is 2.35. The predicted molar refractivity (Wildman–Crippen MR) is 81.5 cm³/mol.